The van der Waals surface area contributed by atoms with Crippen LogP contribution in [-0.2, 0) is 13.6 Å². The zero-order chi connectivity index (χ0) is 36.6. The molecule has 0 fully saturated rings. The van der Waals surface area contributed by atoms with Gasteiger partial charge in [-0.05, 0) is 52.4 Å². The number of terminal acetylenes is 1. The zero-order valence-corrected chi connectivity index (χ0v) is 37.0. The molecule has 0 heterocycles. The van der Waals surface area contributed by atoms with E-state index in [9.17, 15) is 0 Å². The maximum atomic E-state index is 6.60. The Morgan fingerprint density at radius 2 is 0.980 bits per heavy atom. The SMILES string of the molecule is C#CCN(C)CCCCCCO[Si](C)(C)OC(CCSSCCCCCCCCCCCC)OCCCCCCCCCCCCCCCC. The second-order valence-corrected chi connectivity index (χ2v) is 21.3. The molecule has 0 saturated heterocycles. The third-order valence-corrected chi connectivity index (χ3v) is 13.8. The van der Waals surface area contributed by atoms with E-state index in [1.54, 1.807) is 0 Å². The second kappa shape index (κ2) is 40.5. The lowest BCUT2D eigenvalue weighted by Gasteiger charge is -2.29. The molecule has 0 aliphatic carbocycles. The topological polar surface area (TPSA) is 30.9 Å². The van der Waals surface area contributed by atoms with Crippen LogP contribution < -0.4 is 0 Å². The maximum Gasteiger partial charge on any atom is 0.333 e. The van der Waals surface area contributed by atoms with Crippen molar-refractivity contribution >= 4 is 30.1 Å². The molecule has 1 unspecified atom stereocenters. The molecular weight excluding hydrogens is 671 g/mol. The van der Waals surface area contributed by atoms with Gasteiger partial charge in [-0.15, -0.1) is 6.42 Å². The van der Waals surface area contributed by atoms with E-state index in [0.717, 1.165) is 51.3 Å². The van der Waals surface area contributed by atoms with Crippen molar-refractivity contribution in [1.29, 1.82) is 0 Å². The summed E-state index contributed by atoms with van der Waals surface area (Å²) in [5, 5.41) is 0. The predicted octanol–water partition coefficient (Wildman–Crippen LogP) is 14.4. The summed E-state index contributed by atoms with van der Waals surface area (Å²) in [6.45, 7) is 12.4. The fourth-order valence-electron chi connectivity index (χ4n) is 6.34. The smallest absolute Gasteiger partial charge is 0.333 e. The Morgan fingerprint density at radius 1 is 0.560 bits per heavy atom. The fourth-order valence-corrected chi connectivity index (χ4v) is 10.1. The molecule has 4 nitrogen and oxygen atoms in total. The van der Waals surface area contributed by atoms with Gasteiger partial charge in [-0.1, -0.05) is 195 Å². The van der Waals surface area contributed by atoms with Crippen LogP contribution >= 0.6 is 21.6 Å². The van der Waals surface area contributed by atoms with Crippen molar-refractivity contribution in [2.45, 2.75) is 219 Å². The van der Waals surface area contributed by atoms with Crippen LogP contribution in [0, 0.1) is 12.3 Å². The van der Waals surface area contributed by atoms with Crippen molar-refractivity contribution in [3.05, 3.63) is 0 Å². The van der Waals surface area contributed by atoms with Gasteiger partial charge < -0.3 is 13.6 Å². The van der Waals surface area contributed by atoms with Gasteiger partial charge in [-0.3, -0.25) is 4.90 Å². The summed E-state index contributed by atoms with van der Waals surface area (Å²) < 4.78 is 19.4. The number of ether oxygens (including phenoxy) is 1. The Balaban J connectivity index is 4.21. The van der Waals surface area contributed by atoms with E-state index in [2.05, 4.69) is 44.8 Å². The van der Waals surface area contributed by atoms with Gasteiger partial charge in [0.25, 0.3) is 0 Å². The van der Waals surface area contributed by atoms with Crippen LogP contribution in [0.5, 0.6) is 0 Å². The number of unbranched alkanes of at least 4 members (excludes halogenated alkanes) is 25. The average Bonchev–Trinajstić information content (AvgIpc) is 3.09. The van der Waals surface area contributed by atoms with Crippen LogP contribution in [-0.4, -0.2) is 64.6 Å². The monoisotopic (exact) mass is 758 g/mol. The summed E-state index contributed by atoms with van der Waals surface area (Å²) in [4.78, 5) is 2.22. The van der Waals surface area contributed by atoms with Gasteiger partial charge in [0.1, 0.15) is 6.29 Å². The van der Waals surface area contributed by atoms with Crippen molar-refractivity contribution in [3.8, 4) is 12.3 Å². The molecule has 0 N–H and O–H groups in total. The third-order valence-electron chi connectivity index (χ3n) is 9.56. The van der Waals surface area contributed by atoms with Crippen molar-refractivity contribution in [2.75, 3.05) is 44.9 Å². The standard InChI is InChI=1S/C43H87NO3S2Si/c1-7-10-12-14-16-18-20-21-22-23-24-26-29-33-39-45-43(36-42-49-48-41-35-31-27-25-19-17-15-13-11-8-2)47-50(5,6)46-40-34-30-28-32-38-44(4)37-9-3/h3,43H,7-8,10-42H2,1-2,4-6H3. The predicted molar refractivity (Wildman–Crippen MR) is 231 cm³/mol. The Hall–Kier alpha value is 0.317. The molecule has 0 radical (unpaired) electrons. The van der Waals surface area contributed by atoms with Gasteiger partial charge in [0.05, 0.1) is 6.54 Å². The molecule has 0 spiro atoms. The first-order valence-corrected chi connectivity index (χ1v) is 27.0. The molecule has 298 valence electrons. The molecule has 1 atom stereocenters. The van der Waals surface area contributed by atoms with Crippen LogP contribution in [0.2, 0.25) is 13.1 Å². The normalized spacial score (nSPS) is 12.6. The molecular formula is C43H87NO3S2Si. The van der Waals surface area contributed by atoms with Crippen LogP contribution in [0.4, 0.5) is 0 Å². The summed E-state index contributed by atoms with van der Waals surface area (Å²) in [5.41, 5.74) is 0. The molecule has 0 rings (SSSR count). The number of nitrogens with zero attached hydrogens (tertiary/aromatic N) is 1. The molecule has 7 heteroatoms. The molecule has 50 heavy (non-hydrogen) atoms. The van der Waals surface area contributed by atoms with Crippen molar-refractivity contribution < 1.29 is 13.6 Å². The van der Waals surface area contributed by atoms with Crippen LogP contribution in [0.15, 0.2) is 0 Å². The summed E-state index contributed by atoms with van der Waals surface area (Å²) in [6, 6.07) is 0. The first kappa shape index (κ1) is 50.3. The number of hydrogen-bond donors (Lipinski definition) is 0. The maximum absolute atomic E-state index is 6.60. The molecule has 0 amide bonds. The quantitative estimate of drug-likeness (QED) is 0.0203. The van der Waals surface area contributed by atoms with Gasteiger partial charge in [0, 0.05) is 31.1 Å². The highest BCUT2D eigenvalue weighted by Crippen LogP contribution is 2.26. The first-order valence-electron chi connectivity index (χ1n) is 21.7. The Kier molecular flexibility index (Phi) is 40.8. The molecule has 0 saturated carbocycles. The summed E-state index contributed by atoms with van der Waals surface area (Å²) in [5.74, 6) is 5.05. The molecule has 0 aromatic carbocycles. The van der Waals surface area contributed by atoms with Crippen LogP contribution in [0.1, 0.15) is 200 Å². The molecule has 0 aromatic heterocycles. The Bertz CT molecular complexity index is 708. The lowest BCUT2D eigenvalue weighted by atomic mass is 10.0. The first-order chi connectivity index (χ1) is 24.4. The van der Waals surface area contributed by atoms with E-state index in [1.165, 1.54) is 173 Å². The largest absolute Gasteiger partial charge is 0.394 e. The van der Waals surface area contributed by atoms with Crippen molar-refractivity contribution in [2.24, 2.45) is 0 Å². The molecule has 0 aliphatic rings. The minimum absolute atomic E-state index is 0.143. The second-order valence-electron chi connectivity index (χ2n) is 15.2. The summed E-state index contributed by atoms with van der Waals surface area (Å²) in [7, 11) is 3.89. The number of hydrogen-bond acceptors (Lipinski definition) is 6. The summed E-state index contributed by atoms with van der Waals surface area (Å²) in [6.07, 6.45) is 44.3. The van der Waals surface area contributed by atoms with Crippen molar-refractivity contribution in [3.63, 3.8) is 0 Å². The zero-order valence-electron chi connectivity index (χ0n) is 34.4. The lowest BCUT2D eigenvalue weighted by molar-refractivity contribution is -0.0997. The highest BCUT2D eigenvalue weighted by Gasteiger charge is 2.29. The third kappa shape index (κ3) is 39.5. The minimum atomic E-state index is -2.25. The van der Waals surface area contributed by atoms with Gasteiger partial charge >= 0.3 is 8.56 Å². The van der Waals surface area contributed by atoms with E-state index < -0.39 is 8.56 Å². The lowest BCUT2D eigenvalue weighted by Crippen LogP contribution is -2.40. The number of rotatable bonds is 42. The highest BCUT2D eigenvalue weighted by atomic mass is 33.1. The van der Waals surface area contributed by atoms with Crippen LogP contribution in [0.25, 0.3) is 0 Å². The van der Waals surface area contributed by atoms with Crippen molar-refractivity contribution in [1.82, 2.24) is 4.90 Å². The highest BCUT2D eigenvalue weighted by molar-refractivity contribution is 8.76. The van der Waals surface area contributed by atoms with Gasteiger partial charge in [-0.2, -0.15) is 0 Å². The van der Waals surface area contributed by atoms with E-state index in [0.29, 0.717) is 0 Å². The van der Waals surface area contributed by atoms with Gasteiger partial charge in [0.2, 0.25) is 0 Å². The van der Waals surface area contributed by atoms with Gasteiger partial charge in [-0.25, -0.2) is 0 Å². The molecule has 0 bridgehead atoms. The Morgan fingerprint density at radius 3 is 1.48 bits per heavy atom. The molecule has 0 aliphatic heterocycles. The van der Waals surface area contributed by atoms with Gasteiger partial charge in [0.15, 0.2) is 0 Å². The average molecular weight is 758 g/mol. The molecule has 0 aromatic rings. The summed E-state index contributed by atoms with van der Waals surface area (Å²) >= 11 is 0. The van der Waals surface area contributed by atoms with E-state index >= 15 is 0 Å². The minimum Gasteiger partial charge on any atom is -0.394 e. The Labute approximate surface area is 323 Å². The fraction of sp³-hybridized carbons (Fsp3) is 0.953. The van der Waals surface area contributed by atoms with E-state index in [4.69, 9.17) is 20.0 Å². The van der Waals surface area contributed by atoms with E-state index in [1.807, 2.05) is 21.6 Å². The van der Waals surface area contributed by atoms with Crippen LogP contribution in [0.3, 0.4) is 0 Å². The van der Waals surface area contributed by atoms with E-state index in [-0.39, 0.29) is 6.29 Å².